The number of ether oxygens (including phenoxy) is 1. The molecule has 3 rings (SSSR count). The van der Waals surface area contributed by atoms with Crippen molar-refractivity contribution in [2.75, 3.05) is 44.2 Å². The minimum absolute atomic E-state index is 0.333. The number of aliphatic hydroxyl groups is 1. The van der Waals surface area contributed by atoms with E-state index in [-0.39, 0.29) is 0 Å². The predicted molar refractivity (Wildman–Crippen MR) is 89.5 cm³/mol. The van der Waals surface area contributed by atoms with Crippen molar-refractivity contribution in [3.63, 3.8) is 0 Å². The number of hydrogen-bond donors (Lipinski definition) is 1. The number of furan rings is 1. The fraction of sp³-hybridized carbons (Fsp3) is 0.444. The van der Waals surface area contributed by atoms with E-state index in [2.05, 4.69) is 34.1 Å². The summed E-state index contributed by atoms with van der Waals surface area (Å²) in [5, 5.41) is 10.1. The number of benzene rings is 1. The first-order chi connectivity index (χ1) is 11.3. The van der Waals surface area contributed by atoms with E-state index >= 15 is 0 Å². The lowest BCUT2D eigenvalue weighted by Crippen LogP contribution is -2.49. The Morgan fingerprint density at radius 1 is 1.04 bits per heavy atom. The molecular formula is C18H24N2O3. The summed E-state index contributed by atoms with van der Waals surface area (Å²) in [6.07, 6.45) is 1.16. The van der Waals surface area contributed by atoms with Crippen LogP contribution in [0.15, 0.2) is 53.1 Å². The molecule has 1 aliphatic heterocycles. The molecule has 5 nitrogen and oxygen atoms in total. The van der Waals surface area contributed by atoms with Crippen molar-refractivity contribution >= 4 is 5.69 Å². The van der Waals surface area contributed by atoms with Gasteiger partial charge in [0.05, 0.1) is 19.0 Å². The fourth-order valence-electron chi connectivity index (χ4n) is 2.87. The smallest absolute Gasteiger partial charge is 0.129 e. The Balaban J connectivity index is 1.35. The monoisotopic (exact) mass is 316 g/mol. The molecule has 1 aromatic carbocycles. The van der Waals surface area contributed by atoms with Gasteiger partial charge in [0.2, 0.25) is 0 Å². The minimum Gasteiger partial charge on any atom is -0.467 e. The number of nitrogens with zero attached hydrogens (tertiary/aromatic N) is 2. The number of aliphatic hydroxyl groups excluding tert-OH is 1. The van der Waals surface area contributed by atoms with Crippen molar-refractivity contribution in [2.45, 2.75) is 12.7 Å². The predicted octanol–water partition coefficient (Wildman–Crippen LogP) is 1.98. The van der Waals surface area contributed by atoms with Crippen molar-refractivity contribution < 1.29 is 14.3 Å². The Hall–Kier alpha value is -1.82. The molecule has 2 aromatic rings. The maximum absolute atomic E-state index is 10.1. The average Bonchev–Trinajstić information content (AvgIpc) is 3.10. The molecule has 1 N–H and O–H groups in total. The highest BCUT2D eigenvalue weighted by Crippen LogP contribution is 2.15. The molecule has 0 spiro atoms. The highest BCUT2D eigenvalue weighted by molar-refractivity contribution is 5.46. The quantitative estimate of drug-likeness (QED) is 0.846. The Bertz CT molecular complexity index is 551. The Kier molecular flexibility index (Phi) is 5.69. The number of piperazine rings is 1. The summed E-state index contributed by atoms with van der Waals surface area (Å²) in [7, 11) is 0. The summed E-state index contributed by atoms with van der Waals surface area (Å²) in [6, 6.07) is 14.2. The molecule has 0 saturated carbocycles. The molecule has 23 heavy (non-hydrogen) atoms. The Morgan fingerprint density at radius 2 is 1.83 bits per heavy atom. The van der Waals surface area contributed by atoms with Gasteiger partial charge in [0.15, 0.2) is 0 Å². The molecule has 1 aromatic heterocycles. The van der Waals surface area contributed by atoms with Crippen molar-refractivity contribution in [3.8, 4) is 0 Å². The van der Waals surface area contributed by atoms with Gasteiger partial charge in [-0.1, -0.05) is 18.2 Å². The van der Waals surface area contributed by atoms with Gasteiger partial charge in [-0.15, -0.1) is 0 Å². The molecular weight excluding hydrogens is 292 g/mol. The van der Waals surface area contributed by atoms with Crippen LogP contribution in [0, 0.1) is 0 Å². The molecule has 0 radical (unpaired) electrons. The molecule has 0 aliphatic carbocycles. The second-order valence-electron chi connectivity index (χ2n) is 5.87. The lowest BCUT2D eigenvalue weighted by atomic mass is 10.2. The fourth-order valence-corrected chi connectivity index (χ4v) is 2.87. The summed E-state index contributed by atoms with van der Waals surface area (Å²) >= 11 is 0. The van der Waals surface area contributed by atoms with Crippen molar-refractivity contribution in [3.05, 3.63) is 54.5 Å². The third kappa shape index (κ3) is 4.82. The average molecular weight is 316 g/mol. The van der Waals surface area contributed by atoms with Crippen molar-refractivity contribution in [1.82, 2.24) is 4.90 Å². The van der Waals surface area contributed by atoms with E-state index in [1.807, 2.05) is 18.2 Å². The zero-order valence-corrected chi connectivity index (χ0v) is 13.3. The first-order valence-corrected chi connectivity index (χ1v) is 8.12. The molecule has 1 aliphatic rings. The maximum atomic E-state index is 10.1. The highest BCUT2D eigenvalue weighted by Gasteiger charge is 2.19. The van der Waals surface area contributed by atoms with Gasteiger partial charge >= 0.3 is 0 Å². The normalized spacial score (nSPS) is 17.3. The molecule has 2 heterocycles. The third-order valence-electron chi connectivity index (χ3n) is 4.10. The SMILES string of the molecule is O[C@@H](COCc1ccco1)CN1CCN(c2ccccc2)CC1. The number of β-amino-alcohol motifs (C(OH)–C–C–N with tert-alkyl or cyclic N) is 1. The van der Waals surface area contributed by atoms with Crippen LogP contribution >= 0.6 is 0 Å². The van der Waals surface area contributed by atoms with Gasteiger partial charge in [0.1, 0.15) is 12.4 Å². The van der Waals surface area contributed by atoms with Crippen LogP contribution in [0.2, 0.25) is 0 Å². The van der Waals surface area contributed by atoms with Gasteiger partial charge in [-0.3, -0.25) is 4.90 Å². The lowest BCUT2D eigenvalue weighted by Gasteiger charge is -2.36. The topological polar surface area (TPSA) is 49.1 Å². The minimum atomic E-state index is -0.465. The third-order valence-corrected chi connectivity index (χ3v) is 4.10. The zero-order valence-electron chi connectivity index (χ0n) is 13.3. The van der Waals surface area contributed by atoms with Crippen molar-refractivity contribution in [2.24, 2.45) is 0 Å². The second-order valence-corrected chi connectivity index (χ2v) is 5.87. The van der Waals surface area contributed by atoms with Gasteiger partial charge in [-0.05, 0) is 24.3 Å². The van der Waals surface area contributed by atoms with Crippen LogP contribution in [0.4, 0.5) is 5.69 Å². The Labute approximate surface area is 137 Å². The summed E-state index contributed by atoms with van der Waals surface area (Å²) < 4.78 is 10.7. The van der Waals surface area contributed by atoms with Gasteiger partial charge in [0, 0.05) is 38.4 Å². The van der Waals surface area contributed by atoms with Gasteiger partial charge in [0.25, 0.3) is 0 Å². The van der Waals surface area contributed by atoms with E-state index in [1.165, 1.54) is 5.69 Å². The molecule has 0 bridgehead atoms. The van der Waals surface area contributed by atoms with Gasteiger partial charge in [-0.2, -0.15) is 0 Å². The van der Waals surface area contributed by atoms with Crippen LogP contribution in [0.25, 0.3) is 0 Å². The van der Waals surface area contributed by atoms with Crippen LogP contribution in [0.1, 0.15) is 5.76 Å². The summed E-state index contributed by atoms with van der Waals surface area (Å²) in [6.45, 7) is 5.30. The zero-order chi connectivity index (χ0) is 15.9. The molecule has 0 unspecified atom stereocenters. The first kappa shape index (κ1) is 16.1. The maximum Gasteiger partial charge on any atom is 0.129 e. The second kappa shape index (κ2) is 8.15. The largest absolute Gasteiger partial charge is 0.467 e. The van der Waals surface area contributed by atoms with Crippen LogP contribution in [0.3, 0.4) is 0 Å². The van der Waals surface area contributed by atoms with E-state index in [0.717, 1.165) is 31.9 Å². The molecule has 124 valence electrons. The molecule has 1 saturated heterocycles. The molecule has 1 atom stereocenters. The standard InChI is InChI=1S/C18H24N2O3/c21-17(14-22-15-18-7-4-12-23-18)13-19-8-10-20(11-9-19)16-5-2-1-3-6-16/h1-7,12,17,21H,8-11,13-15H2/t17-/m1/s1. The van der Waals surface area contributed by atoms with E-state index in [1.54, 1.807) is 6.26 Å². The molecule has 0 amide bonds. The number of para-hydroxylation sites is 1. The lowest BCUT2D eigenvalue weighted by molar-refractivity contribution is 0.00442. The van der Waals surface area contributed by atoms with E-state index in [0.29, 0.717) is 19.8 Å². The number of hydrogen-bond acceptors (Lipinski definition) is 5. The van der Waals surface area contributed by atoms with E-state index < -0.39 is 6.10 Å². The van der Waals surface area contributed by atoms with Crippen LogP contribution in [-0.4, -0.2) is 55.4 Å². The molecule has 1 fully saturated rings. The first-order valence-electron chi connectivity index (χ1n) is 8.12. The number of rotatable bonds is 7. The summed E-state index contributed by atoms with van der Waals surface area (Å²) in [4.78, 5) is 4.68. The van der Waals surface area contributed by atoms with Crippen LogP contribution in [-0.2, 0) is 11.3 Å². The van der Waals surface area contributed by atoms with Gasteiger partial charge in [-0.25, -0.2) is 0 Å². The van der Waals surface area contributed by atoms with E-state index in [9.17, 15) is 5.11 Å². The van der Waals surface area contributed by atoms with E-state index in [4.69, 9.17) is 9.15 Å². The Morgan fingerprint density at radius 3 is 2.52 bits per heavy atom. The van der Waals surface area contributed by atoms with Crippen LogP contribution < -0.4 is 4.90 Å². The highest BCUT2D eigenvalue weighted by atomic mass is 16.5. The van der Waals surface area contributed by atoms with Crippen molar-refractivity contribution in [1.29, 1.82) is 0 Å². The molecule has 5 heteroatoms. The summed E-state index contributed by atoms with van der Waals surface area (Å²) in [5.41, 5.74) is 1.27. The van der Waals surface area contributed by atoms with Crippen LogP contribution in [0.5, 0.6) is 0 Å². The number of anilines is 1. The summed E-state index contributed by atoms with van der Waals surface area (Å²) in [5.74, 6) is 0.786. The van der Waals surface area contributed by atoms with Gasteiger partial charge < -0.3 is 19.2 Å².